The SMILES string of the molecule is O=C1c2ccccc2C(=O)N1c1cccc(-c2csc(N3N=C(c4cccs4)C[C@@H]3c3ccc(F)cc3)n2)c1. The molecule has 0 bridgehead atoms. The first kappa shape index (κ1) is 23.6. The Balaban J connectivity index is 1.22. The number of hydrazone groups is 1. The molecule has 9 heteroatoms. The van der Waals surface area contributed by atoms with Gasteiger partial charge in [-0.2, -0.15) is 5.10 Å². The highest BCUT2D eigenvalue weighted by Crippen LogP contribution is 2.40. The summed E-state index contributed by atoms with van der Waals surface area (Å²) in [4.78, 5) is 33.2. The van der Waals surface area contributed by atoms with Crippen molar-refractivity contribution in [3.63, 3.8) is 0 Å². The fourth-order valence-corrected chi connectivity index (χ4v) is 6.51. The average Bonchev–Trinajstić information content (AvgIpc) is 3.76. The lowest BCUT2D eigenvalue weighted by molar-refractivity contribution is 0.0926. The Labute approximate surface area is 231 Å². The number of imide groups is 1. The van der Waals surface area contributed by atoms with E-state index in [4.69, 9.17) is 10.1 Å². The molecule has 3 aromatic carbocycles. The fraction of sp³-hybridized carbons (Fsp3) is 0.0667. The minimum absolute atomic E-state index is 0.119. The molecule has 0 spiro atoms. The number of hydrogen-bond acceptors (Lipinski definition) is 7. The summed E-state index contributed by atoms with van der Waals surface area (Å²) < 4.78 is 13.7. The van der Waals surface area contributed by atoms with Crippen molar-refractivity contribution >= 4 is 51.0 Å². The number of thiazole rings is 1. The molecule has 6 nitrogen and oxygen atoms in total. The maximum absolute atomic E-state index is 13.7. The summed E-state index contributed by atoms with van der Waals surface area (Å²) in [6.07, 6.45) is 0.677. The molecule has 0 unspecified atom stereocenters. The number of rotatable bonds is 5. The summed E-state index contributed by atoms with van der Waals surface area (Å²) in [5.74, 6) is -0.945. The first-order valence-electron chi connectivity index (χ1n) is 12.3. The van der Waals surface area contributed by atoms with E-state index in [9.17, 15) is 14.0 Å². The van der Waals surface area contributed by atoms with Crippen molar-refractivity contribution in [2.24, 2.45) is 5.10 Å². The zero-order chi connectivity index (χ0) is 26.5. The predicted octanol–water partition coefficient (Wildman–Crippen LogP) is 7.17. The first-order chi connectivity index (χ1) is 19.1. The van der Waals surface area contributed by atoms with Gasteiger partial charge in [-0.05, 0) is 53.4 Å². The van der Waals surface area contributed by atoms with E-state index >= 15 is 0 Å². The van der Waals surface area contributed by atoms with Gasteiger partial charge in [-0.25, -0.2) is 19.3 Å². The first-order valence-corrected chi connectivity index (χ1v) is 14.0. The number of thiophene rings is 1. The van der Waals surface area contributed by atoms with Gasteiger partial charge in [0, 0.05) is 17.4 Å². The van der Waals surface area contributed by atoms with Gasteiger partial charge >= 0.3 is 0 Å². The van der Waals surface area contributed by atoms with Crippen LogP contribution in [-0.2, 0) is 0 Å². The Bertz CT molecular complexity index is 1730. The van der Waals surface area contributed by atoms with Gasteiger partial charge in [0.15, 0.2) is 0 Å². The van der Waals surface area contributed by atoms with E-state index in [0.717, 1.165) is 21.7 Å². The van der Waals surface area contributed by atoms with Crippen molar-refractivity contribution in [1.29, 1.82) is 0 Å². The summed E-state index contributed by atoms with van der Waals surface area (Å²) in [7, 11) is 0. The molecule has 39 heavy (non-hydrogen) atoms. The predicted molar refractivity (Wildman–Crippen MR) is 152 cm³/mol. The van der Waals surface area contributed by atoms with Gasteiger partial charge in [0.05, 0.1) is 39.1 Å². The van der Waals surface area contributed by atoms with Crippen LogP contribution in [0.15, 0.2) is 101 Å². The van der Waals surface area contributed by atoms with Gasteiger partial charge in [0.25, 0.3) is 11.8 Å². The van der Waals surface area contributed by atoms with Crippen LogP contribution in [-0.4, -0.2) is 22.5 Å². The van der Waals surface area contributed by atoms with Gasteiger partial charge in [0.2, 0.25) is 5.13 Å². The highest BCUT2D eigenvalue weighted by Gasteiger charge is 2.36. The summed E-state index contributed by atoms with van der Waals surface area (Å²) in [5.41, 5.74) is 4.72. The summed E-state index contributed by atoms with van der Waals surface area (Å²) in [5, 5.41) is 11.5. The highest BCUT2D eigenvalue weighted by molar-refractivity contribution is 7.14. The van der Waals surface area contributed by atoms with Crippen LogP contribution in [0.4, 0.5) is 15.2 Å². The van der Waals surface area contributed by atoms with Crippen molar-refractivity contribution in [2.75, 3.05) is 9.91 Å². The summed E-state index contributed by atoms with van der Waals surface area (Å²) >= 11 is 3.10. The number of hydrogen-bond donors (Lipinski definition) is 0. The Morgan fingerprint density at radius 1 is 0.846 bits per heavy atom. The largest absolute Gasteiger partial charge is 0.268 e. The molecule has 0 aliphatic carbocycles. The Kier molecular flexibility index (Phi) is 5.68. The molecule has 2 aliphatic rings. The molecular weight excluding hydrogens is 531 g/mol. The van der Waals surface area contributed by atoms with Gasteiger partial charge in [-0.1, -0.05) is 42.5 Å². The summed E-state index contributed by atoms with van der Waals surface area (Å²) in [6.45, 7) is 0. The van der Waals surface area contributed by atoms with Gasteiger partial charge in [-0.3, -0.25) is 9.59 Å². The maximum Gasteiger partial charge on any atom is 0.266 e. The molecule has 2 amide bonds. The smallest absolute Gasteiger partial charge is 0.266 e. The standard InChI is InChI=1S/C30H19FN4O2S2/c31-20-12-10-18(11-13-20)26-16-24(27-9-4-14-38-27)33-35(26)30-32-25(17-39-30)19-5-3-6-21(15-19)34-28(36)22-7-1-2-8-23(22)29(34)37/h1-15,17,26H,16H2/t26-/m1/s1. The van der Waals surface area contributed by atoms with Gasteiger partial charge in [0.1, 0.15) is 5.82 Å². The second kappa shape index (κ2) is 9.37. The zero-order valence-corrected chi connectivity index (χ0v) is 22.0. The second-order valence-electron chi connectivity index (χ2n) is 9.20. The number of anilines is 2. The van der Waals surface area contributed by atoms with Crippen molar-refractivity contribution in [3.05, 3.63) is 123 Å². The van der Waals surface area contributed by atoms with Crippen LogP contribution in [0.2, 0.25) is 0 Å². The molecule has 2 aliphatic heterocycles. The number of halogens is 1. The molecule has 0 radical (unpaired) electrons. The van der Waals surface area contributed by atoms with Crippen LogP contribution >= 0.6 is 22.7 Å². The molecule has 7 rings (SSSR count). The van der Waals surface area contributed by atoms with Crippen LogP contribution < -0.4 is 9.91 Å². The van der Waals surface area contributed by atoms with Crippen LogP contribution in [0.3, 0.4) is 0 Å². The van der Waals surface area contributed by atoms with Crippen LogP contribution in [0, 0.1) is 5.82 Å². The van der Waals surface area contributed by atoms with E-state index < -0.39 is 0 Å². The molecule has 4 heterocycles. The van der Waals surface area contributed by atoms with E-state index in [-0.39, 0.29) is 23.7 Å². The van der Waals surface area contributed by atoms with Crippen LogP contribution in [0.25, 0.3) is 11.3 Å². The third kappa shape index (κ3) is 4.07. The molecule has 5 aromatic rings. The van der Waals surface area contributed by atoms with E-state index in [2.05, 4.69) is 0 Å². The average molecular weight is 551 g/mol. The Hall–Kier alpha value is -4.47. The topological polar surface area (TPSA) is 65.9 Å². The second-order valence-corrected chi connectivity index (χ2v) is 11.0. The third-order valence-corrected chi connectivity index (χ3v) is 8.60. The molecule has 0 saturated carbocycles. The van der Waals surface area contributed by atoms with Gasteiger partial charge < -0.3 is 0 Å². The number of nitrogens with zero attached hydrogens (tertiary/aromatic N) is 4. The number of carbonyl (C=O) groups is 2. The van der Waals surface area contributed by atoms with Crippen LogP contribution in [0.1, 0.15) is 43.6 Å². The Morgan fingerprint density at radius 2 is 1.62 bits per heavy atom. The van der Waals surface area contributed by atoms with Gasteiger partial charge in [-0.15, -0.1) is 22.7 Å². The van der Waals surface area contributed by atoms with E-state index in [1.54, 1.807) is 53.8 Å². The number of fused-ring (bicyclic) bond motifs is 1. The minimum atomic E-state index is -0.332. The normalized spacial score (nSPS) is 16.6. The number of benzene rings is 3. The number of amides is 2. The molecule has 2 aromatic heterocycles. The number of carbonyl (C=O) groups excluding carboxylic acids is 2. The molecule has 190 valence electrons. The molecular formula is C30H19FN4O2S2. The molecule has 0 saturated heterocycles. The molecule has 0 fully saturated rings. The monoisotopic (exact) mass is 550 g/mol. The zero-order valence-electron chi connectivity index (χ0n) is 20.3. The van der Waals surface area contributed by atoms with E-state index in [1.807, 2.05) is 46.1 Å². The number of aromatic nitrogens is 1. The fourth-order valence-electron chi connectivity index (χ4n) is 4.95. The Morgan fingerprint density at radius 3 is 2.33 bits per heavy atom. The lowest BCUT2D eigenvalue weighted by atomic mass is 10.0. The van der Waals surface area contributed by atoms with Crippen molar-refractivity contribution < 1.29 is 14.0 Å². The van der Waals surface area contributed by atoms with Crippen LogP contribution in [0.5, 0.6) is 0 Å². The highest BCUT2D eigenvalue weighted by atomic mass is 32.1. The lowest BCUT2D eigenvalue weighted by Crippen LogP contribution is -2.29. The maximum atomic E-state index is 13.7. The molecule has 0 N–H and O–H groups in total. The molecule has 1 atom stereocenters. The minimum Gasteiger partial charge on any atom is -0.268 e. The van der Waals surface area contributed by atoms with Crippen molar-refractivity contribution in [1.82, 2.24) is 4.98 Å². The summed E-state index contributed by atoms with van der Waals surface area (Å²) in [6, 6.07) is 24.6. The van der Waals surface area contributed by atoms with Crippen molar-refractivity contribution in [3.8, 4) is 11.3 Å². The van der Waals surface area contributed by atoms with E-state index in [0.29, 0.717) is 34.1 Å². The van der Waals surface area contributed by atoms with Crippen molar-refractivity contribution in [2.45, 2.75) is 12.5 Å². The quantitative estimate of drug-likeness (QED) is 0.218. The lowest BCUT2D eigenvalue weighted by Gasteiger charge is -2.21. The third-order valence-electron chi connectivity index (χ3n) is 6.85. The van der Waals surface area contributed by atoms with E-state index in [1.165, 1.54) is 28.4 Å².